The Morgan fingerprint density at radius 1 is 0.833 bits per heavy atom. The van der Waals surface area contributed by atoms with E-state index in [0.29, 0.717) is 5.33 Å². The highest BCUT2D eigenvalue weighted by Gasteiger charge is 2.05. The van der Waals surface area contributed by atoms with Gasteiger partial charge in [-0.05, 0) is 39.7 Å². The third-order valence-corrected chi connectivity index (χ3v) is 3.66. The zero-order valence-electron chi connectivity index (χ0n) is 9.69. The number of fused-ring (bicyclic) bond motifs is 2. The van der Waals surface area contributed by atoms with E-state index >= 15 is 0 Å². The number of carbonyl (C=O) groups is 1. The monoisotopic (exact) mass is 298 g/mol. The molecule has 3 aromatic carbocycles. The van der Waals surface area contributed by atoms with Crippen molar-refractivity contribution in [2.45, 2.75) is 0 Å². The molecule has 3 aromatic rings. The van der Waals surface area contributed by atoms with Crippen LogP contribution in [0.5, 0.6) is 0 Å². The van der Waals surface area contributed by atoms with Gasteiger partial charge in [0.2, 0.25) is 0 Å². The lowest BCUT2D eigenvalue weighted by atomic mass is 10.0. The molecule has 0 amide bonds. The second kappa shape index (κ2) is 4.54. The molecule has 0 aliphatic rings. The van der Waals surface area contributed by atoms with Crippen LogP contribution in [0, 0.1) is 0 Å². The highest BCUT2D eigenvalue weighted by molar-refractivity contribution is 9.09. The van der Waals surface area contributed by atoms with Crippen LogP contribution >= 0.6 is 15.9 Å². The first kappa shape index (κ1) is 11.4. The Labute approximate surface area is 114 Å². The minimum absolute atomic E-state index is 0.116. The molecular weight excluding hydrogens is 288 g/mol. The van der Waals surface area contributed by atoms with Gasteiger partial charge in [-0.2, -0.15) is 0 Å². The molecule has 0 aliphatic heterocycles. The molecule has 0 aromatic heterocycles. The first-order valence-electron chi connectivity index (χ1n) is 5.80. The Morgan fingerprint density at radius 3 is 2.11 bits per heavy atom. The lowest BCUT2D eigenvalue weighted by Crippen LogP contribution is -1.99. The Kier molecular flexibility index (Phi) is 2.88. The first-order valence-corrected chi connectivity index (χ1v) is 6.92. The number of benzene rings is 3. The van der Waals surface area contributed by atoms with E-state index in [1.54, 1.807) is 0 Å². The van der Waals surface area contributed by atoms with Gasteiger partial charge in [-0.25, -0.2) is 0 Å². The molecule has 0 saturated heterocycles. The van der Waals surface area contributed by atoms with E-state index in [2.05, 4.69) is 40.2 Å². The van der Waals surface area contributed by atoms with Gasteiger partial charge >= 0.3 is 0 Å². The van der Waals surface area contributed by atoms with Gasteiger partial charge in [0.1, 0.15) is 0 Å². The fourth-order valence-electron chi connectivity index (χ4n) is 2.19. The Balaban J connectivity index is 2.27. The van der Waals surface area contributed by atoms with Crippen molar-refractivity contribution in [3.63, 3.8) is 0 Å². The second-order valence-electron chi connectivity index (χ2n) is 4.32. The average molecular weight is 299 g/mol. The SMILES string of the molecule is O=C(CBr)c1ccc2cc3ccccc3cc2c1. The number of rotatable bonds is 2. The summed E-state index contributed by atoms with van der Waals surface area (Å²) in [4.78, 5) is 11.7. The average Bonchev–Trinajstić information content (AvgIpc) is 2.43. The number of hydrogen-bond acceptors (Lipinski definition) is 1. The summed E-state index contributed by atoms with van der Waals surface area (Å²) in [5, 5.41) is 5.07. The van der Waals surface area contributed by atoms with E-state index in [0.717, 1.165) is 10.9 Å². The van der Waals surface area contributed by atoms with E-state index in [4.69, 9.17) is 0 Å². The summed E-state index contributed by atoms with van der Waals surface area (Å²) >= 11 is 3.21. The summed E-state index contributed by atoms with van der Waals surface area (Å²) in [6.45, 7) is 0. The van der Waals surface area contributed by atoms with Crippen molar-refractivity contribution in [1.29, 1.82) is 0 Å². The number of hydrogen-bond donors (Lipinski definition) is 0. The molecule has 0 saturated carbocycles. The molecule has 0 N–H and O–H groups in total. The molecule has 0 aliphatic carbocycles. The predicted molar refractivity (Wildman–Crippen MR) is 79.6 cm³/mol. The highest BCUT2D eigenvalue weighted by atomic mass is 79.9. The van der Waals surface area contributed by atoms with Crippen LogP contribution in [-0.4, -0.2) is 11.1 Å². The molecule has 0 heterocycles. The van der Waals surface area contributed by atoms with Crippen LogP contribution in [0.25, 0.3) is 21.5 Å². The molecule has 0 radical (unpaired) electrons. The van der Waals surface area contributed by atoms with E-state index in [1.807, 2.05) is 30.3 Å². The van der Waals surface area contributed by atoms with Gasteiger partial charge in [-0.1, -0.05) is 52.3 Å². The molecule has 0 spiro atoms. The molecule has 0 unspecified atom stereocenters. The fourth-order valence-corrected chi connectivity index (χ4v) is 2.51. The van der Waals surface area contributed by atoms with Crippen LogP contribution in [-0.2, 0) is 0 Å². The largest absolute Gasteiger partial charge is 0.293 e. The van der Waals surface area contributed by atoms with Gasteiger partial charge in [-0.15, -0.1) is 0 Å². The minimum Gasteiger partial charge on any atom is -0.293 e. The van der Waals surface area contributed by atoms with Gasteiger partial charge in [0.05, 0.1) is 5.33 Å². The quantitative estimate of drug-likeness (QED) is 0.385. The van der Waals surface area contributed by atoms with E-state index in [-0.39, 0.29) is 5.78 Å². The van der Waals surface area contributed by atoms with Crippen molar-refractivity contribution in [1.82, 2.24) is 0 Å². The number of carbonyl (C=O) groups excluding carboxylic acids is 1. The predicted octanol–water partition coefficient (Wildman–Crippen LogP) is 4.57. The summed E-state index contributed by atoms with van der Waals surface area (Å²) < 4.78 is 0. The number of alkyl halides is 1. The summed E-state index contributed by atoms with van der Waals surface area (Å²) in [6.07, 6.45) is 0. The fraction of sp³-hybridized carbons (Fsp3) is 0.0625. The van der Waals surface area contributed by atoms with Crippen molar-refractivity contribution in [2.24, 2.45) is 0 Å². The molecule has 88 valence electrons. The van der Waals surface area contributed by atoms with Gasteiger partial charge in [0.25, 0.3) is 0 Å². The number of halogens is 1. The van der Waals surface area contributed by atoms with Gasteiger partial charge in [-0.3, -0.25) is 4.79 Å². The lowest BCUT2D eigenvalue weighted by molar-refractivity contribution is 0.102. The zero-order chi connectivity index (χ0) is 12.5. The lowest BCUT2D eigenvalue weighted by Gasteiger charge is -2.04. The molecule has 18 heavy (non-hydrogen) atoms. The number of Topliss-reactive ketones (excluding diaryl/α,β-unsaturated/α-hetero) is 1. The maximum Gasteiger partial charge on any atom is 0.173 e. The van der Waals surface area contributed by atoms with E-state index in [1.165, 1.54) is 16.2 Å². The van der Waals surface area contributed by atoms with Crippen molar-refractivity contribution < 1.29 is 4.79 Å². The Bertz CT molecular complexity index is 746. The maximum absolute atomic E-state index is 11.7. The molecule has 0 bridgehead atoms. The van der Waals surface area contributed by atoms with Crippen molar-refractivity contribution in [3.8, 4) is 0 Å². The second-order valence-corrected chi connectivity index (χ2v) is 4.88. The molecule has 1 nitrogen and oxygen atoms in total. The molecule has 0 atom stereocenters. The summed E-state index contributed by atoms with van der Waals surface area (Å²) in [5.41, 5.74) is 0.759. The summed E-state index contributed by atoms with van der Waals surface area (Å²) in [6, 6.07) is 18.4. The standard InChI is InChI=1S/C16H11BrO/c17-10-16(18)14-6-5-13-7-11-3-1-2-4-12(11)8-15(13)9-14/h1-9H,10H2. The van der Waals surface area contributed by atoms with Crippen molar-refractivity contribution >= 4 is 43.3 Å². The highest BCUT2D eigenvalue weighted by Crippen LogP contribution is 2.24. The van der Waals surface area contributed by atoms with Gasteiger partial charge in [0.15, 0.2) is 5.78 Å². The van der Waals surface area contributed by atoms with Crippen LogP contribution < -0.4 is 0 Å². The summed E-state index contributed by atoms with van der Waals surface area (Å²) in [7, 11) is 0. The first-order chi connectivity index (χ1) is 8.78. The zero-order valence-corrected chi connectivity index (χ0v) is 11.3. The van der Waals surface area contributed by atoms with Crippen LogP contribution in [0.1, 0.15) is 10.4 Å². The summed E-state index contributed by atoms with van der Waals surface area (Å²) in [5.74, 6) is 0.116. The third-order valence-electron chi connectivity index (χ3n) is 3.15. The van der Waals surface area contributed by atoms with Crippen molar-refractivity contribution in [2.75, 3.05) is 5.33 Å². The van der Waals surface area contributed by atoms with Crippen molar-refractivity contribution in [3.05, 3.63) is 60.2 Å². The third kappa shape index (κ3) is 1.93. The smallest absolute Gasteiger partial charge is 0.173 e. The van der Waals surface area contributed by atoms with Crippen LogP contribution in [0.4, 0.5) is 0 Å². The van der Waals surface area contributed by atoms with Crippen LogP contribution in [0.15, 0.2) is 54.6 Å². The van der Waals surface area contributed by atoms with Gasteiger partial charge in [0, 0.05) is 5.56 Å². The van der Waals surface area contributed by atoms with E-state index in [9.17, 15) is 4.79 Å². The normalized spacial score (nSPS) is 10.9. The topological polar surface area (TPSA) is 17.1 Å². The van der Waals surface area contributed by atoms with Crippen LogP contribution in [0.3, 0.4) is 0 Å². The molecule has 3 rings (SSSR count). The molecular formula is C16H11BrO. The van der Waals surface area contributed by atoms with Gasteiger partial charge < -0.3 is 0 Å². The molecule has 0 fully saturated rings. The Hall–Kier alpha value is -1.67. The van der Waals surface area contributed by atoms with E-state index < -0.39 is 0 Å². The maximum atomic E-state index is 11.7. The van der Waals surface area contributed by atoms with Crippen LogP contribution in [0.2, 0.25) is 0 Å². The minimum atomic E-state index is 0.116. The number of ketones is 1. The Morgan fingerprint density at radius 2 is 1.44 bits per heavy atom. The molecule has 2 heteroatoms.